The summed E-state index contributed by atoms with van der Waals surface area (Å²) in [5.74, 6) is -0.329. The van der Waals surface area contributed by atoms with Crippen LogP contribution in [0.4, 0.5) is 4.79 Å². The SMILES string of the molecule is C=C(C)/C(=C\C=C(C)C)CC(=O)N(C)C(=O)OCc1ccccc1. The van der Waals surface area contributed by atoms with Crippen molar-refractivity contribution in [2.45, 2.75) is 33.8 Å². The van der Waals surface area contributed by atoms with Gasteiger partial charge in [-0.3, -0.25) is 9.69 Å². The van der Waals surface area contributed by atoms with E-state index in [0.29, 0.717) is 0 Å². The molecule has 0 radical (unpaired) electrons. The lowest BCUT2D eigenvalue weighted by molar-refractivity contribution is -0.127. The molecule has 0 N–H and O–H groups in total. The summed E-state index contributed by atoms with van der Waals surface area (Å²) in [6.07, 6.45) is 3.23. The fraction of sp³-hybridized carbons (Fsp3) is 0.300. The second-order valence-electron chi connectivity index (χ2n) is 5.89. The molecule has 0 fully saturated rings. The van der Waals surface area contributed by atoms with Crippen LogP contribution in [0.1, 0.15) is 32.8 Å². The molecular formula is C20H25NO3. The Morgan fingerprint density at radius 3 is 2.29 bits per heavy atom. The molecule has 0 aliphatic rings. The van der Waals surface area contributed by atoms with Crippen LogP contribution in [-0.2, 0) is 16.1 Å². The molecular weight excluding hydrogens is 302 g/mol. The van der Waals surface area contributed by atoms with Crippen LogP contribution in [-0.4, -0.2) is 23.9 Å². The fourth-order valence-corrected chi connectivity index (χ4v) is 1.82. The molecule has 1 aromatic carbocycles. The Hall–Kier alpha value is -2.62. The van der Waals surface area contributed by atoms with Crippen LogP contribution in [0.15, 0.2) is 65.8 Å². The first-order valence-corrected chi connectivity index (χ1v) is 7.78. The molecule has 0 aliphatic carbocycles. The van der Waals surface area contributed by atoms with Crippen LogP contribution < -0.4 is 0 Å². The number of ether oxygens (including phenoxy) is 1. The number of carbonyl (C=O) groups is 2. The van der Waals surface area contributed by atoms with E-state index in [1.807, 2.05) is 63.3 Å². The van der Waals surface area contributed by atoms with Crippen molar-refractivity contribution < 1.29 is 14.3 Å². The van der Waals surface area contributed by atoms with E-state index in [4.69, 9.17) is 4.74 Å². The highest BCUT2D eigenvalue weighted by Crippen LogP contribution is 2.15. The Morgan fingerprint density at radius 1 is 1.12 bits per heavy atom. The van der Waals surface area contributed by atoms with E-state index < -0.39 is 6.09 Å². The number of hydrogen-bond donors (Lipinski definition) is 0. The minimum atomic E-state index is -0.660. The van der Waals surface area contributed by atoms with Crippen molar-refractivity contribution in [2.75, 3.05) is 7.05 Å². The van der Waals surface area contributed by atoms with Crippen LogP contribution in [0.3, 0.4) is 0 Å². The topological polar surface area (TPSA) is 46.6 Å². The average molecular weight is 327 g/mol. The number of nitrogens with zero attached hydrogens (tertiary/aromatic N) is 1. The maximum atomic E-state index is 12.3. The summed E-state index contributed by atoms with van der Waals surface area (Å²) in [7, 11) is 1.42. The minimum Gasteiger partial charge on any atom is -0.444 e. The predicted molar refractivity (Wildman–Crippen MR) is 96.3 cm³/mol. The fourth-order valence-electron chi connectivity index (χ4n) is 1.82. The molecule has 0 unspecified atom stereocenters. The molecule has 128 valence electrons. The highest BCUT2D eigenvalue weighted by molar-refractivity contribution is 5.93. The van der Waals surface area contributed by atoms with E-state index in [1.165, 1.54) is 7.05 Å². The zero-order valence-electron chi connectivity index (χ0n) is 14.8. The Kier molecular flexibility index (Phi) is 7.69. The van der Waals surface area contributed by atoms with Crippen LogP contribution in [0.25, 0.3) is 0 Å². The Labute approximate surface area is 144 Å². The summed E-state index contributed by atoms with van der Waals surface area (Å²) in [5.41, 5.74) is 3.59. The number of rotatable bonds is 6. The molecule has 0 aliphatic heterocycles. The van der Waals surface area contributed by atoms with E-state index in [-0.39, 0.29) is 18.9 Å². The van der Waals surface area contributed by atoms with Gasteiger partial charge in [0.25, 0.3) is 0 Å². The van der Waals surface area contributed by atoms with Crippen LogP contribution in [0.5, 0.6) is 0 Å². The van der Waals surface area contributed by atoms with Crippen molar-refractivity contribution in [3.63, 3.8) is 0 Å². The highest BCUT2D eigenvalue weighted by atomic mass is 16.6. The molecule has 4 heteroatoms. The summed E-state index contributed by atoms with van der Waals surface area (Å²) in [5, 5.41) is 0. The molecule has 0 atom stereocenters. The van der Waals surface area contributed by atoms with Gasteiger partial charge in [-0.1, -0.05) is 60.2 Å². The van der Waals surface area contributed by atoms with Crippen molar-refractivity contribution in [3.05, 3.63) is 71.3 Å². The predicted octanol–water partition coefficient (Wildman–Crippen LogP) is 4.64. The van der Waals surface area contributed by atoms with Crippen LogP contribution in [0, 0.1) is 0 Å². The number of benzene rings is 1. The second kappa shape index (κ2) is 9.50. The van der Waals surface area contributed by atoms with Crippen molar-refractivity contribution >= 4 is 12.0 Å². The molecule has 4 nitrogen and oxygen atoms in total. The minimum absolute atomic E-state index is 0.107. The Bertz CT molecular complexity index is 653. The second-order valence-corrected chi connectivity index (χ2v) is 5.89. The summed E-state index contributed by atoms with van der Waals surface area (Å²) in [6.45, 7) is 9.81. The molecule has 0 bridgehead atoms. The van der Waals surface area contributed by atoms with E-state index in [1.54, 1.807) is 0 Å². The number of hydrogen-bond acceptors (Lipinski definition) is 3. The summed E-state index contributed by atoms with van der Waals surface area (Å²) >= 11 is 0. The lowest BCUT2D eigenvalue weighted by Crippen LogP contribution is -2.33. The smallest absolute Gasteiger partial charge is 0.416 e. The van der Waals surface area contributed by atoms with Gasteiger partial charge in [0, 0.05) is 7.05 Å². The molecule has 0 aromatic heterocycles. The highest BCUT2D eigenvalue weighted by Gasteiger charge is 2.19. The number of imide groups is 1. The van der Waals surface area contributed by atoms with Gasteiger partial charge in [0.15, 0.2) is 0 Å². The molecule has 1 aromatic rings. The van der Waals surface area contributed by atoms with Gasteiger partial charge in [-0.15, -0.1) is 0 Å². The van der Waals surface area contributed by atoms with Crippen LogP contribution >= 0.6 is 0 Å². The van der Waals surface area contributed by atoms with E-state index in [2.05, 4.69) is 6.58 Å². The summed E-state index contributed by atoms with van der Waals surface area (Å²) < 4.78 is 5.16. The van der Waals surface area contributed by atoms with Gasteiger partial charge in [-0.05, 0) is 31.9 Å². The quantitative estimate of drug-likeness (QED) is 0.715. The number of carbonyl (C=O) groups excluding carboxylic acids is 2. The first-order valence-electron chi connectivity index (χ1n) is 7.78. The maximum absolute atomic E-state index is 12.3. The van der Waals surface area contributed by atoms with Crippen molar-refractivity contribution in [1.82, 2.24) is 4.90 Å². The summed E-state index contributed by atoms with van der Waals surface area (Å²) in [4.78, 5) is 25.3. The van der Waals surface area contributed by atoms with E-state index >= 15 is 0 Å². The Morgan fingerprint density at radius 2 is 1.75 bits per heavy atom. The molecule has 0 heterocycles. The molecule has 0 saturated carbocycles. The molecule has 2 amide bonds. The van der Waals surface area contributed by atoms with Gasteiger partial charge in [0.1, 0.15) is 6.61 Å². The number of amides is 2. The molecule has 1 rings (SSSR count). The zero-order chi connectivity index (χ0) is 18.1. The third-order valence-corrected chi connectivity index (χ3v) is 3.36. The first-order chi connectivity index (χ1) is 11.3. The van der Waals surface area contributed by atoms with Crippen molar-refractivity contribution in [1.29, 1.82) is 0 Å². The third kappa shape index (κ3) is 6.65. The zero-order valence-corrected chi connectivity index (χ0v) is 14.8. The lowest BCUT2D eigenvalue weighted by Gasteiger charge is -2.16. The Balaban J connectivity index is 2.65. The monoisotopic (exact) mass is 327 g/mol. The normalized spacial score (nSPS) is 10.8. The first kappa shape index (κ1) is 19.4. The largest absolute Gasteiger partial charge is 0.444 e. The van der Waals surface area contributed by atoms with E-state index in [0.717, 1.165) is 27.2 Å². The number of allylic oxidation sites excluding steroid dienone is 4. The summed E-state index contributed by atoms with van der Waals surface area (Å²) in [6, 6.07) is 9.34. The van der Waals surface area contributed by atoms with Gasteiger partial charge in [-0.2, -0.15) is 0 Å². The van der Waals surface area contributed by atoms with E-state index in [9.17, 15) is 9.59 Å². The standard InChI is InChI=1S/C20H25NO3/c1-15(2)11-12-18(16(3)4)13-19(22)21(5)20(23)24-14-17-9-7-6-8-10-17/h6-12H,3,13-14H2,1-2,4-5H3/b18-12-. The van der Waals surface area contributed by atoms with Gasteiger partial charge >= 0.3 is 6.09 Å². The van der Waals surface area contributed by atoms with Gasteiger partial charge < -0.3 is 4.74 Å². The van der Waals surface area contributed by atoms with Crippen molar-refractivity contribution in [3.8, 4) is 0 Å². The maximum Gasteiger partial charge on any atom is 0.416 e. The van der Waals surface area contributed by atoms with Gasteiger partial charge in [0.2, 0.25) is 5.91 Å². The molecule has 0 saturated heterocycles. The van der Waals surface area contributed by atoms with Crippen molar-refractivity contribution in [2.24, 2.45) is 0 Å². The average Bonchev–Trinajstić information content (AvgIpc) is 2.55. The molecule has 24 heavy (non-hydrogen) atoms. The van der Waals surface area contributed by atoms with Gasteiger partial charge in [0.05, 0.1) is 6.42 Å². The molecule has 0 spiro atoms. The van der Waals surface area contributed by atoms with Crippen LogP contribution in [0.2, 0.25) is 0 Å². The third-order valence-electron chi connectivity index (χ3n) is 3.36. The van der Waals surface area contributed by atoms with Gasteiger partial charge in [-0.25, -0.2) is 4.79 Å². The lowest BCUT2D eigenvalue weighted by atomic mass is 10.0.